The van der Waals surface area contributed by atoms with Gasteiger partial charge in [-0.15, -0.1) is 0 Å². The second-order valence-corrected chi connectivity index (χ2v) is 8.27. The smallest absolute Gasteiger partial charge is 0.337 e. The zero-order chi connectivity index (χ0) is 20.9. The zero-order valence-electron chi connectivity index (χ0n) is 16.1. The van der Waals surface area contributed by atoms with Crippen molar-refractivity contribution in [2.24, 2.45) is 0 Å². The van der Waals surface area contributed by atoms with E-state index < -0.39 is 21.9 Å². The quantitative estimate of drug-likeness (QED) is 0.706. The average molecular weight is 406 g/mol. The van der Waals surface area contributed by atoms with Gasteiger partial charge in [0, 0.05) is 19.8 Å². The molecule has 0 bridgehead atoms. The Morgan fingerprint density at radius 3 is 2.29 bits per heavy atom. The molecule has 28 heavy (non-hydrogen) atoms. The number of nitrogens with zero attached hydrogens (tertiary/aromatic N) is 1. The van der Waals surface area contributed by atoms with Crippen molar-refractivity contribution in [3.63, 3.8) is 0 Å². The highest BCUT2D eigenvalue weighted by Crippen LogP contribution is 2.22. The number of esters is 1. The molecule has 1 N–H and O–H groups in total. The fourth-order valence-electron chi connectivity index (χ4n) is 2.25. The number of carbonyl (C=O) groups is 2. The number of benzene rings is 2. The third-order valence-electron chi connectivity index (χ3n) is 3.91. The molecule has 0 unspecified atom stereocenters. The molecule has 9 heteroatoms. The molecule has 0 heterocycles. The third-order valence-corrected chi connectivity index (χ3v) is 5.72. The zero-order valence-corrected chi connectivity index (χ0v) is 16.9. The summed E-state index contributed by atoms with van der Waals surface area (Å²) in [6.45, 7) is 1.48. The van der Waals surface area contributed by atoms with Crippen molar-refractivity contribution >= 4 is 27.6 Å². The second kappa shape index (κ2) is 8.85. The Morgan fingerprint density at radius 1 is 1.07 bits per heavy atom. The minimum absolute atomic E-state index is 0.0812. The van der Waals surface area contributed by atoms with Gasteiger partial charge in [-0.2, -0.15) is 0 Å². The summed E-state index contributed by atoms with van der Waals surface area (Å²) in [6, 6.07) is 10.7. The molecule has 0 fully saturated rings. The molecule has 2 aromatic carbocycles. The topological polar surface area (TPSA) is 102 Å². The lowest BCUT2D eigenvalue weighted by Crippen LogP contribution is -2.23. The molecular weight excluding hydrogens is 384 g/mol. The maximum Gasteiger partial charge on any atom is 0.337 e. The van der Waals surface area contributed by atoms with Gasteiger partial charge in [0.05, 0.1) is 17.6 Å². The monoisotopic (exact) mass is 406 g/mol. The van der Waals surface area contributed by atoms with Crippen LogP contribution in [0.2, 0.25) is 0 Å². The van der Waals surface area contributed by atoms with Crippen LogP contribution in [0.15, 0.2) is 47.4 Å². The molecule has 0 saturated carbocycles. The first-order valence-corrected chi connectivity index (χ1v) is 9.73. The highest BCUT2D eigenvalue weighted by Gasteiger charge is 2.18. The second-order valence-electron chi connectivity index (χ2n) is 6.12. The number of ether oxygens (including phenoxy) is 2. The van der Waals surface area contributed by atoms with Crippen molar-refractivity contribution in [3.05, 3.63) is 53.6 Å². The number of amides is 1. The minimum Gasteiger partial charge on any atom is -0.484 e. The predicted molar refractivity (Wildman–Crippen MR) is 104 cm³/mol. The molecule has 0 aliphatic rings. The van der Waals surface area contributed by atoms with Crippen LogP contribution >= 0.6 is 0 Å². The van der Waals surface area contributed by atoms with Crippen LogP contribution < -0.4 is 10.1 Å². The van der Waals surface area contributed by atoms with Crippen LogP contribution in [0.1, 0.15) is 15.9 Å². The van der Waals surface area contributed by atoms with Crippen LogP contribution in [-0.2, 0) is 19.6 Å². The van der Waals surface area contributed by atoms with E-state index in [1.807, 2.05) is 0 Å². The van der Waals surface area contributed by atoms with Crippen molar-refractivity contribution in [1.82, 2.24) is 4.31 Å². The minimum atomic E-state index is -3.61. The number of aryl methyl sites for hydroxylation is 1. The van der Waals surface area contributed by atoms with Gasteiger partial charge in [0.2, 0.25) is 10.0 Å². The van der Waals surface area contributed by atoms with E-state index in [0.29, 0.717) is 22.6 Å². The van der Waals surface area contributed by atoms with Gasteiger partial charge in [0.25, 0.3) is 5.91 Å². The number of sulfonamides is 1. The number of carbonyl (C=O) groups excluding carboxylic acids is 2. The van der Waals surface area contributed by atoms with E-state index in [2.05, 4.69) is 10.1 Å². The van der Waals surface area contributed by atoms with E-state index in [4.69, 9.17) is 4.74 Å². The summed E-state index contributed by atoms with van der Waals surface area (Å²) >= 11 is 0. The van der Waals surface area contributed by atoms with Gasteiger partial charge < -0.3 is 14.8 Å². The standard InChI is InChI=1S/C19H22N2O6S/c1-13-5-10-16(28(24,25)21(2)3)11-17(13)20-18(22)12-27-15-8-6-14(7-9-15)19(23)26-4/h5-11H,12H2,1-4H3,(H,20,22). The fraction of sp³-hybridized carbons (Fsp3) is 0.263. The van der Waals surface area contributed by atoms with Crippen LogP contribution in [0.5, 0.6) is 5.75 Å². The molecule has 0 atom stereocenters. The summed E-state index contributed by atoms with van der Waals surface area (Å²) < 4.78 is 35.6. The molecule has 0 radical (unpaired) electrons. The van der Waals surface area contributed by atoms with E-state index in [9.17, 15) is 18.0 Å². The van der Waals surface area contributed by atoms with Crippen LogP contribution in [-0.4, -0.2) is 52.4 Å². The maximum absolute atomic E-state index is 12.2. The molecule has 0 aromatic heterocycles. The summed E-state index contributed by atoms with van der Waals surface area (Å²) in [5.41, 5.74) is 1.47. The molecule has 0 spiro atoms. The van der Waals surface area contributed by atoms with Gasteiger partial charge in [-0.1, -0.05) is 6.07 Å². The fourth-order valence-corrected chi connectivity index (χ4v) is 3.18. The Labute approximate surface area is 164 Å². The number of hydrogen-bond acceptors (Lipinski definition) is 6. The summed E-state index contributed by atoms with van der Waals surface area (Å²) in [5, 5.41) is 2.65. The number of hydrogen-bond donors (Lipinski definition) is 1. The number of methoxy groups -OCH3 is 1. The summed E-state index contributed by atoms with van der Waals surface area (Å²) in [7, 11) is 0.556. The van der Waals surface area contributed by atoms with E-state index in [-0.39, 0.29) is 11.5 Å². The predicted octanol–water partition coefficient (Wildman–Crippen LogP) is 2.05. The Hall–Kier alpha value is -2.91. The van der Waals surface area contributed by atoms with Crippen molar-refractivity contribution in [3.8, 4) is 5.75 Å². The molecule has 8 nitrogen and oxygen atoms in total. The molecule has 150 valence electrons. The molecule has 1 amide bonds. The van der Waals surface area contributed by atoms with Gasteiger partial charge in [0.15, 0.2) is 6.61 Å². The molecule has 0 aliphatic carbocycles. The van der Waals surface area contributed by atoms with E-state index in [1.54, 1.807) is 25.1 Å². The lowest BCUT2D eigenvalue weighted by atomic mass is 10.2. The number of nitrogens with one attached hydrogen (secondary N) is 1. The third kappa shape index (κ3) is 5.08. The van der Waals surface area contributed by atoms with Crippen molar-refractivity contribution in [2.45, 2.75) is 11.8 Å². The Bertz CT molecular complexity index is 968. The Morgan fingerprint density at radius 2 is 1.71 bits per heavy atom. The first kappa shape index (κ1) is 21.4. The molecular formula is C19H22N2O6S. The maximum atomic E-state index is 12.2. The van der Waals surface area contributed by atoms with E-state index in [1.165, 1.54) is 45.5 Å². The van der Waals surface area contributed by atoms with Gasteiger partial charge in [0.1, 0.15) is 5.75 Å². The normalized spacial score (nSPS) is 11.2. The van der Waals surface area contributed by atoms with E-state index >= 15 is 0 Å². The van der Waals surface area contributed by atoms with Crippen LogP contribution in [0.4, 0.5) is 5.69 Å². The van der Waals surface area contributed by atoms with Crippen LogP contribution in [0.25, 0.3) is 0 Å². The Kier molecular flexibility index (Phi) is 6.76. The van der Waals surface area contributed by atoms with Gasteiger partial charge in [-0.3, -0.25) is 4.79 Å². The van der Waals surface area contributed by atoms with Crippen LogP contribution in [0.3, 0.4) is 0 Å². The van der Waals surface area contributed by atoms with Crippen LogP contribution in [0, 0.1) is 6.92 Å². The highest BCUT2D eigenvalue weighted by molar-refractivity contribution is 7.89. The van der Waals surface area contributed by atoms with Crippen molar-refractivity contribution < 1.29 is 27.5 Å². The Balaban J connectivity index is 2.04. The average Bonchev–Trinajstić information content (AvgIpc) is 2.67. The number of anilines is 1. The molecule has 2 rings (SSSR count). The highest BCUT2D eigenvalue weighted by atomic mass is 32.2. The lowest BCUT2D eigenvalue weighted by Gasteiger charge is -2.14. The summed E-state index contributed by atoms with van der Waals surface area (Å²) in [5.74, 6) is -0.504. The van der Waals surface area contributed by atoms with E-state index in [0.717, 1.165) is 4.31 Å². The molecule has 0 aliphatic heterocycles. The van der Waals surface area contributed by atoms with Gasteiger partial charge >= 0.3 is 5.97 Å². The van der Waals surface area contributed by atoms with Gasteiger partial charge in [-0.05, 0) is 48.9 Å². The van der Waals surface area contributed by atoms with Gasteiger partial charge in [-0.25, -0.2) is 17.5 Å². The van der Waals surface area contributed by atoms with Crippen molar-refractivity contribution in [1.29, 1.82) is 0 Å². The largest absolute Gasteiger partial charge is 0.484 e. The summed E-state index contributed by atoms with van der Waals surface area (Å²) in [4.78, 5) is 23.7. The SMILES string of the molecule is COC(=O)c1ccc(OCC(=O)Nc2cc(S(=O)(=O)N(C)C)ccc2C)cc1. The molecule has 0 saturated heterocycles. The number of rotatable bonds is 7. The first-order valence-electron chi connectivity index (χ1n) is 8.29. The lowest BCUT2D eigenvalue weighted by molar-refractivity contribution is -0.118. The van der Waals surface area contributed by atoms with Crippen molar-refractivity contribution in [2.75, 3.05) is 33.1 Å². The first-order chi connectivity index (χ1) is 13.1. The summed E-state index contributed by atoms with van der Waals surface area (Å²) in [6.07, 6.45) is 0. The molecule has 2 aromatic rings.